The molecular weight excluding hydrogens is 198 g/mol. The van der Waals surface area contributed by atoms with Crippen molar-refractivity contribution in [3.8, 4) is 0 Å². The van der Waals surface area contributed by atoms with Crippen LogP contribution in [0.25, 0.3) is 0 Å². The molecule has 3 nitrogen and oxygen atoms in total. The number of hydrogen-bond acceptors (Lipinski definition) is 3. The Bertz CT molecular complexity index is 350. The molecule has 1 fully saturated rings. The van der Waals surface area contributed by atoms with Gasteiger partial charge in [0.05, 0.1) is 11.4 Å². The summed E-state index contributed by atoms with van der Waals surface area (Å²) in [5, 5.41) is 0. The lowest BCUT2D eigenvalue weighted by atomic mass is 9.82. The zero-order valence-electron chi connectivity index (χ0n) is 10.2. The Hall–Kier alpha value is -1.09. The van der Waals surface area contributed by atoms with Crippen LogP contribution in [0.3, 0.4) is 0 Å². The molecule has 0 unspecified atom stereocenters. The molecule has 1 aromatic heterocycles. The van der Waals surface area contributed by atoms with Crippen molar-refractivity contribution >= 4 is 5.69 Å². The van der Waals surface area contributed by atoms with Gasteiger partial charge in [0.15, 0.2) is 0 Å². The summed E-state index contributed by atoms with van der Waals surface area (Å²) in [5.74, 6) is 0. The summed E-state index contributed by atoms with van der Waals surface area (Å²) in [5.41, 5.74) is 8.45. The van der Waals surface area contributed by atoms with E-state index in [1.54, 1.807) is 0 Å². The average Bonchev–Trinajstić information content (AvgIpc) is 2.29. The monoisotopic (exact) mass is 219 g/mol. The molecule has 0 saturated carbocycles. The maximum Gasteiger partial charge on any atom is 0.0772 e. The largest absolute Gasteiger partial charge is 0.370 e. The molecule has 0 amide bonds. The van der Waals surface area contributed by atoms with E-state index in [0.717, 1.165) is 18.8 Å². The molecule has 0 radical (unpaired) electrons. The average molecular weight is 219 g/mol. The Balaban J connectivity index is 2.14. The summed E-state index contributed by atoms with van der Waals surface area (Å²) < 4.78 is 0. The smallest absolute Gasteiger partial charge is 0.0772 e. The molecule has 2 N–H and O–H groups in total. The molecular formula is C13H21N3. The Morgan fingerprint density at radius 3 is 2.69 bits per heavy atom. The van der Waals surface area contributed by atoms with E-state index in [2.05, 4.69) is 29.8 Å². The highest BCUT2D eigenvalue weighted by atomic mass is 15.1. The highest BCUT2D eigenvalue weighted by Crippen LogP contribution is 2.32. The van der Waals surface area contributed by atoms with Crippen LogP contribution in [0.4, 0.5) is 5.69 Å². The van der Waals surface area contributed by atoms with Gasteiger partial charge >= 0.3 is 0 Å². The van der Waals surface area contributed by atoms with Gasteiger partial charge in [-0.25, -0.2) is 0 Å². The van der Waals surface area contributed by atoms with Crippen molar-refractivity contribution in [2.75, 3.05) is 18.0 Å². The molecule has 0 spiro atoms. The van der Waals surface area contributed by atoms with Crippen LogP contribution >= 0.6 is 0 Å². The van der Waals surface area contributed by atoms with Gasteiger partial charge in [0.25, 0.3) is 0 Å². The molecule has 2 rings (SSSR count). The standard InChI is InChI=1S/C13H21N3/c1-13(2)5-8-16(9-6-13)12-4-3-7-15-11(12)10-14/h3-4,7H,5-6,8-10,14H2,1-2H3. The van der Waals surface area contributed by atoms with E-state index in [-0.39, 0.29) is 0 Å². The Morgan fingerprint density at radius 2 is 2.06 bits per heavy atom. The van der Waals surface area contributed by atoms with E-state index >= 15 is 0 Å². The summed E-state index contributed by atoms with van der Waals surface area (Å²) in [6, 6.07) is 4.13. The summed E-state index contributed by atoms with van der Waals surface area (Å²) >= 11 is 0. The van der Waals surface area contributed by atoms with Crippen molar-refractivity contribution in [2.24, 2.45) is 11.1 Å². The van der Waals surface area contributed by atoms with Gasteiger partial charge in [-0.2, -0.15) is 0 Å². The van der Waals surface area contributed by atoms with Crippen molar-refractivity contribution in [1.82, 2.24) is 4.98 Å². The maximum atomic E-state index is 5.72. The number of rotatable bonds is 2. The Labute approximate surface area is 97.7 Å². The molecule has 16 heavy (non-hydrogen) atoms. The van der Waals surface area contributed by atoms with Gasteiger partial charge in [0, 0.05) is 25.8 Å². The fraction of sp³-hybridized carbons (Fsp3) is 0.615. The van der Waals surface area contributed by atoms with Crippen LogP contribution in [-0.4, -0.2) is 18.1 Å². The number of nitrogens with zero attached hydrogens (tertiary/aromatic N) is 2. The molecule has 1 aromatic rings. The molecule has 0 aromatic carbocycles. The third-order valence-corrected chi connectivity index (χ3v) is 3.52. The van der Waals surface area contributed by atoms with Crippen LogP contribution in [0.15, 0.2) is 18.3 Å². The van der Waals surface area contributed by atoms with Gasteiger partial charge in [0.1, 0.15) is 0 Å². The highest BCUT2D eigenvalue weighted by Gasteiger charge is 2.26. The second-order valence-electron chi connectivity index (χ2n) is 5.32. The van der Waals surface area contributed by atoms with E-state index in [1.165, 1.54) is 18.5 Å². The number of piperidine rings is 1. The highest BCUT2D eigenvalue weighted by molar-refractivity contribution is 5.50. The number of aromatic nitrogens is 1. The molecule has 1 aliphatic heterocycles. The Kier molecular flexibility index (Phi) is 3.15. The van der Waals surface area contributed by atoms with Gasteiger partial charge < -0.3 is 10.6 Å². The van der Waals surface area contributed by atoms with Gasteiger partial charge in [-0.1, -0.05) is 13.8 Å². The quantitative estimate of drug-likeness (QED) is 0.829. The molecule has 88 valence electrons. The van der Waals surface area contributed by atoms with Gasteiger partial charge in [-0.05, 0) is 30.4 Å². The second kappa shape index (κ2) is 4.42. The zero-order chi connectivity index (χ0) is 11.6. The SMILES string of the molecule is CC1(C)CCN(c2cccnc2CN)CC1. The van der Waals surface area contributed by atoms with Gasteiger partial charge in [-0.15, -0.1) is 0 Å². The number of hydrogen-bond donors (Lipinski definition) is 1. The van der Waals surface area contributed by atoms with Crippen LogP contribution in [0, 0.1) is 5.41 Å². The third-order valence-electron chi connectivity index (χ3n) is 3.52. The molecule has 0 atom stereocenters. The van der Waals surface area contributed by atoms with Gasteiger partial charge in [-0.3, -0.25) is 4.98 Å². The molecule has 1 saturated heterocycles. The van der Waals surface area contributed by atoms with E-state index < -0.39 is 0 Å². The van der Waals surface area contributed by atoms with Crippen LogP contribution < -0.4 is 10.6 Å². The lowest BCUT2D eigenvalue weighted by Gasteiger charge is -2.38. The van der Waals surface area contributed by atoms with Crippen LogP contribution in [-0.2, 0) is 6.54 Å². The van der Waals surface area contributed by atoms with Crippen molar-refractivity contribution in [3.05, 3.63) is 24.0 Å². The summed E-state index contributed by atoms with van der Waals surface area (Å²) in [6.07, 6.45) is 4.30. The first-order chi connectivity index (χ1) is 7.62. The summed E-state index contributed by atoms with van der Waals surface area (Å²) in [7, 11) is 0. The van der Waals surface area contributed by atoms with E-state index in [0.29, 0.717) is 12.0 Å². The number of anilines is 1. The minimum absolute atomic E-state index is 0.488. The topological polar surface area (TPSA) is 42.2 Å². The van der Waals surface area contributed by atoms with Crippen molar-refractivity contribution in [3.63, 3.8) is 0 Å². The molecule has 1 aliphatic rings. The lowest BCUT2D eigenvalue weighted by Crippen LogP contribution is -2.38. The first-order valence-corrected chi connectivity index (χ1v) is 6.01. The van der Waals surface area contributed by atoms with Crippen LogP contribution in [0.2, 0.25) is 0 Å². The molecule has 0 aliphatic carbocycles. The predicted molar refractivity (Wildman–Crippen MR) is 67.4 cm³/mol. The van der Waals surface area contributed by atoms with Gasteiger partial charge in [0.2, 0.25) is 0 Å². The summed E-state index contributed by atoms with van der Waals surface area (Å²) in [6.45, 7) is 7.45. The fourth-order valence-corrected chi connectivity index (χ4v) is 2.23. The lowest BCUT2D eigenvalue weighted by molar-refractivity contribution is 0.279. The summed E-state index contributed by atoms with van der Waals surface area (Å²) in [4.78, 5) is 6.76. The molecule has 0 bridgehead atoms. The van der Waals surface area contributed by atoms with Crippen molar-refractivity contribution in [1.29, 1.82) is 0 Å². The first-order valence-electron chi connectivity index (χ1n) is 6.01. The fourth-order valence-electron chi connectivity index (χ4n) is 2.23. The van der Waals surface area contributed by atoms with Crippen LogP contribution in [0.5, 0.6) is 0 Å². The van der Waals surface area contributed by atoms with E-state index in [1.807, 2.05) is 12.3 Å². The van der Waals surface area contributed by atoms with E-state index in [4.69, 9.17) is 5.73 Å². The zero-order valence-corrected chi connectivity index (χ0v) is 10.2. The number of pyridine rings is 1. The molecule has 2 heterocycles. The van der Waals surface area contributed by atoms with E-state index in [9.17, 15) is 0 Å². The molecule has 3 heteroatoms. The van der Waals surface area contributed by atoms with Crippen molar-refractivity contribution in [2.45, 2.75) is 33.2 Å². The number of nitrogens with two attached hydrogens (primary N) is 1. The third kappa shape index (κ3) is 2.35. The maximum absolute atomic E-state index is 5.72. The predicted octanol–water partition coefficient (Wildman–Crippen LogP) is 2.17. The van der Waals surface area contributed by atoms with Crippen LogP contribution in [0.1, 0.15) is 32.4 Å². The normalized spacial score (nSPS) is 19.8. The first kappa shape index (κ1) is 11.4. The minimum Gasteiger partial charge on any atom is -0.370 e. The Morgan fingerprint density at radius 1 is 1.38 bits per heavy atom. The second-order valence-corrected chi connectivity index (χ2v) is 5.32. The minimum atomic E-state index is 0.488. The van der Waals surface area contributed by atoms with Crippen molar-refractivity contribution < 1.29 is 0 Å².